The van der Waals surface area contributed by atoms with Gasteiger partial charge in [-0.05, 0) is 24.3 Å². The largest absolute Gasteiger partial charge is 0.506 e. The van der Waals surface area contributed by atoms with E-state index in [4.69, 9.17) is 4.55 Å². The molecule has 0 aliphatic carbocycles. The monoisotopic (exact) mass is 293 g/mol. The molecule has 2 aromatic carbocycles. The zero-order valence-electron chi connectivity index (χ0n) is 10.1. The minimum absolute atomic E-state index is 0. The van der Waals surface area contributed by atoms with E-state index in [9.17, 15) is 13.5 Å². The molecule has 0 atom stereocenters. The van der Waals surface area contributed by atoms with E-state index >= 15 is 0 Å². The molecule has 20 heavy (non-hydrogen) atoms. The lowest BCUT2D eigenvalue weighted by molar-refractivity contribution is 0.448. The molecular formula is C13H11NO5S. The van der Waals surface area contributed by atoms with E-state index < -0.39 is 20.8 Å². The summed E-state index contributed by atoms with van der Waals surface area (Å²) in [6, 6.07) is 11.5. The maximum Gasteiger partial charge on any atom is 0.298 e. The van der Waals surface area contributed by atoms with Gasteiger partial charge in [-0.3, -0.25) is 4.55 Å². The summed E-state index contributed by atoms with van der Waals surface area (Å²) in [6.07, 6.45) is 0. The fourth-order valence-electron chi connectivity index (χ4n) is 2.02. The van der Waals surface area contributed by atoms with Crippen molar-refractivity contribution in [2.45, 2.75) is 4.90 Å². The summed E-state index contributed by atoms with van der Waals surface area (Å²) in [7, 11) is -4.46. The summed E-state index contributed by atoms with van der Waals surface area (Å²) in [6.45, 7) is 0. The van der Waals surface area contributed by atoms with Crippen molar-refractivity contribution < 1.29 is 23.6 Å². The third-order valence-electron chi connectivity index (χ3n) is 2.91. The summed E-state index contributed by atoms with van der Waals surface area (Å²) in [5.41, 5.74) is 1.21. The van der Waals surface area contributed by atoms with E-state index in [1.807, 2.05) is 18.2 Å². The smallest absolute Gasteiger partial charge is 0.298 e. The Hall–Kier alpha value is -2.22. The Bertz CT molecular complexity index is 905. The van der Waals surface area contributed by atoms with Crippen molar-refractivity contribution in [3.05, 3.63) is 42.5 Å². The molecule has 0 radical (unpaired) electrons. The van der Waals surface area contributed by atoms with Crippen LogP contribution in [0.3, 0.4) is 0 Å². The number of phenolic OH excluding ortho intramolecular Hbond substituents is 1. The molecule has 104 valence electrons. The molecular weight excluding hydrogens is 282 g/mol. The number of aromatic nitrogens is 1. The van der Waals surface area contributed by atoms with Gasteiger partial charge < -0.3 is 10.6 Å². The third kappa shape index (κ3) is 2.18. The number of fused-ring (bicyclic) bond motifs is 2. The molecule has 0 saturated heterocycles. The molecule has 0 unspecified atom stereocenters. The predicted molar refractivity (Wildman–Crippen MR) is 74.3 cm³/mol. The van der Waals surface area contributed by atoms with E-state index in [2.05, 4.69) is 4.98 Å². The van der Waals surface area contributed by atoms with E-state index in [0.29, 0.717) is 5.52 Å². The Morgan fingerprint density at radius 3 is 2.40 bits per heavy atom. The molecule has 1 aromatic heterocycles. The Balaban J connectivity index is 0.00000147. The average molecular weight is 293 g/mol. The second-order valence-electron chi connectivity index (χ2n) is 4.14. The van der Waals surface area contributed by atoms with Gasteiger partial charge in [0, 0.05) is 10.8 Å². The molecule has 0 saturated carbocycles. The lowest BCUT2D eigenvalue weighted by Gasteiger charge is -2.06. The number of pyridine rings is 1. The van der Waals surface area contributed by atoms with Crippen LogP contribution in [0.25, 0.3) is 21.8 Å². The number of hydrogen-bond donors (Lipinski definition) is 2. The topological polar surface area (TPSA) is 119 Å². The Kier molecular flexibility index (Phi) is 3.34. The van der Waals surface area contributed by atoms with Crippen LogP contribution < -0.4 is 0 Å². The zero-order chi connectivity index (χ0) is 13.6. The number of benzene rings is 2. The van der Waals surface area contributed by atoms with Gasteiger partial charge in [0.1, 0.15) is 10.6 Å². The van der Waals surface area contributed by atoms with Crippen LogP contribution in [0.15, 0.2) is 47.4 Å². The zero-order valence-corrected chi connectivity index (χ0v) is 10.9. The summed E-state index contributed by atoms with van der Waals surface area (Å²) >= 11 is 0. The molecule has 3 rings (SSSR count). The molecule has 6 nitrogen and oxygen atoms in total. The quantitative estimate of drug-likeness (QED) is 0.520. The van der Waals surface area contributed by atoms with Gasteiger partial charge in [-0.15, -0.1) is 0 Å². The molecule has 0 aliphatic heterocycles. The van der Waals surface area contributed by atoms with Gasteiger partial charge >= 0.3 is 0 Å². The highest BCUT2D eigenvalue weighted by atomic mass is 32.2. The highest BCUT2D eigenvalue weighted by molar-refractivity contribution is 7.86. The first-order chi connectivity index (χ1) is 8.97. The lowest BCUT2D eigenvalue weighted by Crippen LogP contribution is -1.99. The van der Waals surface area contributed by atoms with E-state index in [-0.39, 0.29) is 10.9 Å². The highest BCUT2D eigenvalue weighted by Gasteiger charge is 2.18. The van der Waals surface area contributed by atoms with Crippen LogP contribution in [-0.4, -0.2) is 28.5 Å². The van der Waals surface area contributed by atoms with Crippen molar-refractivity contribution >= 4 is 31.9 Å². The van der Waals surface area contributed by atoms with Crippen LogP contribution in [0.1, 0.15) is 0 Å². The van der Waals surface area contributed by atoms with E-state index in [1.54, 1.807) is 12.1 Å². The number of rotatable bonds is 1. The van der Waals surface area contributed by atoms with Gasteiger partial charge in [-0.2, -0.15) is 8.42 Å². The van der Waals surface area contributed by atoms with Crippen LogP contribution in [0.2, 0.25) is 0 Å². The molecule has 7 heteroatoms. The van der Waals surface area contributed by atoms with Gasteiger partial charge in [0.15, 0.2) is 0 Å². The summed E-state index contributed by atoms with van der Waals surface area (Å²) in [4.78, 5) is 3.81. The SMILES string of the molecule is O.O=S(=O)(O)c1ccc2nc3ccccc3cc2c1O. The second kappa shape index (κ2) is 4.71. The minimum Gasteiger partial charge on any atom is -0.506 e. The van der Waals surface area contributed by atoms with E-state index in [1.165, 1.54) is 6.07 Å². The lowest BCUT2D eigenvalue weighted by atomic mass is 10.1. The summed E-state index contributed by atoms with van der Waals surface area (Å²) < 4.78 is 31.3. The first-order valence-corrected chi connectivity index (χ1v) is 6.90. The van der Waals surface area contributed by atoms with Crippen LogP contribution in [-0.2, 0) is 10.1 Å². The molecule has 3 aromatic rings. The molecule has 4 N–H and O–H groups in total. The number of para-hydroxylation sites is 1. The van der Waals surface area contributed by atoms with Crippen molar-refractivity contribution in [1.29, 1.82) is 0 Å². The minimum atomic E-state index is -4.46. The first-order valence-electron chi connectivity index (χ1n) is 5.46. The first kappa shape index (κ1) is 14.2. The molecule has 0 amide bonds. The maximum atomic E-state index is 11.1. The normalized spacial score (nSPS) is 11.4. The maximum absolute atomic E-state index is 11.1. The van der Waals surface area contributed by atoms with Crippen molar-refractivity contribution in [3.63, 3.8) is 0 Å². The molecule has 0 aliphatic rings. The van der Waals surface area contributed by atoms with Gasteiger partial charge in [0.05, 0.1) is 11.0 Å². The number of aromatic hydroxyl groups is 1. The van der Waals surface area contributed by atoms with Crippen LogP contribution in [0, 0.1) is 0 Å². The van der Waals surface area contributed by atoms with Gasteiger partial charge in [0.25, 0.3) is 10.1 Å². The average Bonchev–Trinajstić information content (AvgIpc) is 2.36. The van der Waals surface area contributed by atoms with Crippen molar-refractivity contribution in [1.82, 2.24) is 4.98 Å². The van der Waals surface area contributed by atoms with Crippen molar-refractivity contribution in [3.8, 4) is 5.75 Å². The van der Waals surface area contributed by atoms with Crippen LogP contribution in [0.5, 0.6) is 5.75 Å². The second-order valence-corrected chi connectivity index (χ2v) is 5.53. The molecule has 0 bridgehead atoms. The summed E-state index contributed by atoms with van der Waals surface area (Å²) in [5, 5.41) is 11.0. The van der Waals surface area contributed by atoms with Crippen LogP contribution in [0.4, 0.5) is 0 Å². The molecule has 1 heterocycles. The number of nitrogens with zero attached hydrogens (tertiary/aromatic N) is 1. The summed E-state index contributed by atoms with van der Waals surface area (Å²) in [5.74, 6) is -0.488. The fraction of sp³-hybridized carbons (Fsp3) is 0. The Labute approximate surface area is 114 Å². The van der Waals surface area contributed by atoms with Gasteiger partial charge in [-0.25, -0.2) is 4.98 Å². The van der Waals surface area contributed by atoms with Crippen LogP contribution >= 0.6 is 0 Å². The predicted octanol–water partition coefficient (Wildman–Crippen LogP) is 1.52. The van der Waals surface area contributed by atoms with E-state index in [0.717, 1.165) is 17.0 Å². The van der Waals surface area contributed by atoms with Crippen molar-refractivity contribution in [2.24, 2.45) is 0 Å². The Morgan fingerprint density at radius 2 is 1.70 bits per heavy atom. The van der Waals surface area contributed by atoms with Gasteiger partial charge in [-0.1, -0.05) is 18.2 Å². The fourth-order valence-corrected chi connectivity index (χ4v) is 2.62. The number of hydrogen-bond acceptors (Lipinski definition) is 4. The molecule has 0 fully saturated rings. The van der Waals surface area contributed by atoms with Gasteiger partial charge in [0.2, 0.25) is 0 Å². The highest BCUT2D eigenvalue weighted by Crippen LogP contribution is 2.32. The number of phenols is 1. The third-order valence-corrected chi connectivity index (χ3v) is 3.80. The van der Waals surface area contributed by atoms with Crippen molar-refractivity contribution in [2.75, 3.05) is 0 Å². The Morgan fingerprint density at radius 1 is 1.00 bits per heavy atom. The molecule has 0 spiro atoms. The standard InChI is InChI=1S/C13H9NO4S.H2O/c15-13-9-7-8-3-1-2-4-10(8)14-11(9)5-6-12(13)19(16,17)18;/h1-7,15H,(H,16,17,18);1H2.